The van der Waals surface area contributed by atoms with Crippen molar-refractivity contribution >= 4 is 5.91 Å². The molecule has 3 atom stereocenters. The highest BCUT2D eigenvalue weighted by molar-refractivity contribution is 5.80. The number of benzene rings is 1. The summed E-state index contributed by atoms with van der Waals surface area (Å²) < 4.78 is 0. The first-order chi connectivity index (χ1) is 8.59. The number of carbonyl (C=O) groups excluding carboxylic acids is 1. The monoisotopic (exact) mass is 246 g/mol. The number of hydrogen-bond donors (Lipinski definition) is 2. The van der Waals surface area contributed by atoms with E-state index in [0.29, 0.717) is 0 Å². The maximum absolute atomic E-state index is 12.2. The maximum atomic E-state index is 12.2. The van der Waals surface area contributed by atoms with Gasteiger partial charge in [0.05, 0.1) is 12.0 Å². The molecule has 1 aromatic rings. The smallest absolute Gasteiger partial charge is 0.225 e. The molecule has 1 heterocycles. The van der Waals surface area contributed by atoms with Gasteiger partial charge < -0.3 is 10.6 Å². The van der Waals surface area contributed by atoms with Crippen molar-refractivity contribution < 1.29 is 4.79 Å². The van der Waals surface area contributed by atoms with E-state index in [9.17, 15) is 4.79 Å². The van der Waals surface area contributed by atoms with E-state index in [1.807, 2.05) is 19.1 Å². The number of carbonyl (C=O) groups is 1. The zero-order valence-electron chi connectivity index (χ0n) is 11.4. The highest BCUT2D eigenvalue weighted by atomic mass is 16.2. The number of amides is 1. The molecule has 0 aromatic heterocycles. The molecule has 1 amide bonds. The highest BCUT2D eigenvalue weighted by Gasteiger charge is 2.30. The zero-order valence-corrected chi connectivity index (χ0v) is 11.4. The Hall–Kier alpha value is -1.35. The summed E-state index contributed by atoms with van der Waals surface area (Å²) in [6.07, 6.45) is 0.938. The molecule has 18 heavy (non-hydrogen) atoms. The molecule has 98 valence electrons. The van der Waals surface area contributed by atoms with E-state index < -0.39 is 0 Å². The van der Waals surface area contributed by atoms with Gasteiger partial charge in [-0.25, -0.2) is 0 Å². The van der Waals surface area contributed by atoms with E-state index in [-0.39, 0.29) is 23.9 Å². The molecule has 3 nitrogen and oxygen atoms in total. The van der Waals surface area contributed by atoms with Crippen LogP contribution in [0.25, 0.3) is 0 Å². The predicted octanol–water partition coefficient (Wildman–Crippen LogP) is 2.17. The van der Waals surface area contributed by atoms with Crippen LogP contribution in [0.4, 0.5) is 0 Å². The molecule has 0 saturated carbocycles. The zero-order chi connectivity index (χ0) is 13.1. The van der Waals surface area contributed by atoms with Crippen molar-refractivity contribution in [3.63, 3.8) is 0 Å². The van der Waals surface area contributed by atoms with Gasteiger partial charge in [0, 0.05) is 6.04 Å². The average molecular weight is 246 g/mol. The first kappa shape index (κ1) is 13.1. The van der Waals surface area contributed by atoms with Crippen LogP contribution >= 0.6 is 0 Å². The van der Waals surface area contributed by atoms with Crippen LogP contribution in [0.2, 0.25) is 0 Å². The number of rotatable bonds is 3. The van der Waals surface area contributed by atoms with Gasteiger partial charge >= 0.3 is 0 Å². The number of hydrogen-bond acceptors (Lipinski definition) is 2. The Morgan fingerprint density at radius 2 is 2.17 bits per heavy atom. The van der Waals surface area contributed by atoms with Crippen molar-refractivity contribution in [2.45, 2.75) is 39.3 Å². The molecular weight excluding hydrogens is 224 g/mol. The van der Waals surface area contributed by atoms with Crippen LogP contribution in [0.15, 0.2) is 24.3 Å². The fourth-order valence-electron chi connectivity index (χ4n) is 2.69. The standard InChI is InChI=1S/C15H22N2O/c1-10-6-4-5-7-13(10)12(3)17-15(18)14-8-9-16-11(14)2/h4-7,11-12,14,16H,8-9H2,1-3H3,(H,17,18)/t11?,12-,14?/m1/s1. The van der Waals surface area contributed by atoms with Gasteiger partial charge in [0.1, 0.15) is 0 Å². The molecule has 0 bridgehead atoms. The Bertz CT molecular complexity index is 430. The minimum atomic E-state index is 0.0755. The van der Waals surface area contributed by atoms with Crippen LogP contribution in [0.1, 0.15) is 37.4 Å². The molecule has 0 spiro atoms. The van der Waals surface area contributed by atoms with Crippen LogP contribution in [0, 0.1) is 12.8 Å². The lowest BCUT2D eigenvalue weighted by Crippen LogP contribution is -2.38. The van der Waals surface area contributed by atoms with Gasteiger partial charge in [-0.05, 0) is 44.9 Å². The number of nitrogens with one attached hydrogen (secondary N) is 2. The Morgan fingerprint density at radius 3 is 2.78 bits per heavy atom. The predicted molar refractivity (Wildman–Crippen MR) is 73.3 cm³/mol. The summed E-state index contributed by atoms with van der Waals surface area (Å²) in [6, 6.07) is 8.57. The quantitative estimate of drug-likeness (QED) is 0.858. The summed E-state index contributed by atoms with van der Waals surface area (Å²) in [7, 11) is 0. The second-order valence-electron chi connectivity index (χ2n) is 5.22. The van der Waals surface area contributed by atoms with E-state index in [1.165, 1.54) is 11.1 Å². The van der Waals surface area contributed by atoms with Crippen molar-refractivity contribution in [3.05, 3.63) is 35.4 Å². The summed E-state index contributed by atoms with van der Waals surface area (Å²) in [5, 5.41) is 6.44. The molecule has 0 radical (unpaired) electrons. The van der Waals surface area contributed by atoms with Crippen molar-refractivity contribution in [1.29, 1.82) is 0 Å². The third kappa shape index (κ3) is 2.72. The molecule has 2 N–H and O–H groups in total. The minimum absolute atomic E-state index is 0.0755. The number of aryl methyl sites for hydroxylation is 1. The largest absolute Gasteiger partial charge is 0.349 e. The fraction of sp³-hybridized carbons (Fsp3) is 0.533. The van der Waals surface area contributed by atoms with Crippen LogP contribution in [-0.4, -0.2) is 18.5 Å². The van der Waals surface area contributed by atoms with E-state index in [0.717, 1.165) is 13.0 Å². The second kappa shape index (κ2) is 5.53. The molecule has 2 unspecified atom stereocenters. The van der Waals surface area contributed by atoms with Crippen molar-refractivity contribution in [3.8, 4) is 0 Å². The van der Waals surface area contributed by atoms with Gasteiger partial charge in [-0.1, -0.05) is 24.3 Å². The molecule has 1 aliphatic rings. The van der Waals surface area contributed by atoms with Crippen molar-refractivity contribution in [2.75, 3.05) is 6.54 Å². The molecule has 2 rings (SSSR count). The molecule has 1 saturated heterocycles. The third-order valence-corrected chi connectivity index (χ3v) is 3.88. The van der Waals surface area contributed by atoms with Gasteiger partial charge in [0.2, 0.25) is 5.91 Å². The van der Waals surface area contributed by atoms with Gasteiger partial charge in [0.25, 0.3) is 0 Å². The van der Waals surface area contributed by atoms with Gasteiger partial charge in [-0.3, -0.25) is 4.79 Å². The summed E-state index contributed by atoms with van der Waals surface area (Å²) in [4.78, 5) is 12.2. The van der Waals surface area contributed by atoms with E-state index in [4.69, 9.17) is 0 Å². The van der Waals surface area contributed by atoms with E-state index in [1.54, 1.807) is 0 Å². The molecule has 1 aliphatic heterocycles. The van der Waals surface area contributed by atoms with Gasteiger partial charge in [-0.2, -0.15) is 0 Å². The first-order valence-corrected chi connectivity index (χ1v) is 6.69. The minimum Gasteiger partial charge on any atom is -0.349 e. The fourth-order valence-corrected chi connectivity index (χ4v) is 2.69. The summed E-state index contributed by atoms with van der Waals surface area (Å²) in [6.45, 7) is 7.15. The summed E-state index contributed by atoms with van der Waals surface area (Å²) >= 11 is 0. The van der Waals surface area contributed by atoms with Gasteiger partial charge in [0.15, 0.2) is 0 Å². The van der Waals surface area contributed by atoms with Crippen molar-refractivity contribution in [1.82, 2.24) is 10.6 Å². The van der Waals surface area contributed by atoms with Crippen LogP contribution < -0.4 is 10.6 Å². The van der Waals surface area contributed by atoms with Crippen LogP contribution in [0.3, 0.4) is 0 Å². The highest BCUT2D eigenvalue weighted by Crippen LogP contribution is 2.20. The molecule has 0 aliphatic carbocycles. The third-order valence-electron chi connectivity index (χ3n) is 3.88. The normalized spacial score (nSPS) is 24.8. The van der Waals surface area contributed by atoms with Crippen LogP contribution in [-0.2, 0) is 4.79 Å². The molecular formula is C15H22N2O. The lowest BCUT2D eigenvalue weighted by Gasteiger charge is -2.20. The summed E-state index contributed by atoms with van der Waals surface area (Å²) in [5.41, 5.74) is 2.42. The second-order valence-corrected chi connectivity index (χ2v) is 5.22. The lowest BCUT2D eigenvalue weighted by atomic mass is 9.98. The van der Waals surface area contributed by atoms with Crippen molar-refractivity contribution in [2.24, 2.45) is 5.92 Å². The van der Waals surface area contributed by atoms with Gasteiger partial charge in [-0.15, -0.1) is 0 Å². The average Bonchev–Trinajstić information content (AvgIpc) is 2.76. The first-order valence-electron chi connectivity index (χ1n) is 6.69. The van der Waals surface area contributed by atoms with E-state index in [2.05, 4.69) is 36.6 Å². The Kier molecular flexibility index (Phi) is 4.02. The van der Waals surface area contributed by atoms with E-state index >= 15 is 0 Å². The summed E-state index contributed by atoms with van der Waals surface area (Å²) in [5.74, 6) is 0.278. The molecule has 3 heteroatoms. The lowest BCUT2D eigenvalue weighted by molar-refractivity contribution is -0.125. The maximum Gasteiger partial charge on any atom is 0.225 e. The Balaban J connectivity index is 2.01. The Labute approximate surface area is 109 Å². The molecule has 1 fully saturated rings. The topological polar surface area (TPSA) is 41.1 Å². The molecule has 1 aromatic carbocycles. The van der Waals surface area contributed by atoms with Crippen LogP contribution in [0.5, 0.6) is 0 Å². The SMILES string of the molecule is Cc1ccccc1[C@@H](C)NC(=O)C1CCNC1C. The Morgan fingerprint density at radius 1 is 1.44 bits per heavy atom.